The van der Waals surface area contributed by atoms with Crippen LogP contribution in [0.4, 0.5) is 0 Å². The molecule has 16 heavy (non-hydrogen) atoms. The number of aryl methyl sites for hydroxylation is 1. The number of carbonyl (C=O) groups excluding carboxylic acids is 1. The summed E-state index contributed by atoms with van der Waals surface area (Å²) in [6, 6.07) is 0. The van der Waals surface area contributed by atoms with E-state index in [0.717, 1.165) is 0 Å². The van der Waals surface area contributed by atoms with E-state index < -0.39 is 11.2 Å². The molecular formula is C10H15N3O3. The summed E-state index contributed by atoms with van der Waals surface area (Å²) >= 11 is 0. The fraction of sp³-hybridized carbons (Fsp3) is 0.700. The van der Waals surface area contributed by atoms with Crippen molar-refractivity contribution in [1.82, 2.24) is 15.0 Å². The molecular weight excluding hydrogens is 210 g/mol. The minimum atomic E-state index is -0.905. The van der Waals surface area contributed by atoms with Crippen molar-refractivity contribution < 1.29 is 14.3 Å². The Morgan fingerprint density at radius 2 is 2.38 bits per heavy atom. The zero-order chi connectivity index (χ0) is 12.0. The van der Waals surface area contributed by atoms with Gasteiger partial charge in [-0.25, -0.2) is 4.79 Å². The summed E-state index contributed by atoms with van der Waals surface area (Å²) in [4.78, 5) is 11.7. The number of esters is 1. The molecule has 1 aliphatic heterocycles. The lowest BCUT2D eigenvalue weighted by Crippen LogP contribution is -2.32. The van der Waals surface area contributed by atoms with Gasteiger partial charge in [0.1, 0.15) is 5.69 Å². The van der Waals surface area contributed by atoms with Crippen molar-refractivity contribution >= 4 is 5.97 Å². The average molecular weight is 225 g/mol. The first kappa shape index (κ1) is 11.1. The van der Waals surface area contributed by atoms with Gasteiger partial charge in [-0.1, -0.05) is 12.1 Å². The van der Waals surface area contributed by atoms with E-state index in [0.29, 0.717) is 12.1 Å². The Kier molecular flexibility index (Phi) is 2.27. The number of rotatable bonds is 3. The van der Waals surface area contributed by atoms with Crippen molar-refractivity contribution in [3.05, 3.63) is 11.9 Å². The molecule has 0 N–H and O–H groups in total. The number of methoxy groups -OCH3 is 1. The quantitative estimate of drug-likeness (QED) is 0.549. The number of epoxide rings is 1. The van der Waals surface area contributed by atoms with E-state index in [2.05, 4.69) is 10.3 Å². The lowest BCUT2D eigenvalue weighted by Gasteiger charge is -2.10. The van der Waals surface area contributed by atoms with Crippen LogP contribution in [-0.4, -0.2) is 33.7 Å². The third-order valence-corrected chi connectivity index (χ3v) is 3.21. The van der Waals surface area contributed by atoms with Crippen LogP contribution in [0.2, 0.25) is 0 Å². The summed E-state index contributed by atoms with van der Waals surface area (Å²) in [5.41, 5.74) is -0.969. The minimum absolute atomic E-state index is 0.358. The maximum absolute atomic E-state index is 11.7. The Balaban J connectivity index is 2.33. The third kappa shape index (κ3) is 1.19. The molecule has 1 aromatic heterocycles. The van der Waals surface area contributed by atoms with Gasteiger partial charge in [0.05, 0.1) is 13.3 Å². The van der Waals surface area contributed by atoms with Crippen molar-refractivity contribution in [3.63, 3.8) is 0 Å². The Bertz CT molecular complexity index is 431. The summed E-state index contributed by atoms with van der Waals surface area (Å²) in [7, 11) is 3.13. The molecule has 2 heterocycles. The van der Waals surface area contributed by atoms with Gasteiger partial charge >= 0.3 is 5.97 Å². The highest BCUT2D eigenvalue weighted by atomic mass is 16.7. The number of nitrogens with zero attached hydrogens (tertiary/aromatic N) is 3. The lowest BCUT2D eigenvalue weighted by molar-refractivity contribution is -0.147. The Labute approximate surface area is 93.5 Å². The second-order valence-electron chi connectivity index (χ2n) is 4.08. The predicted octanol–water partition coefficient (Wildman–Crippen LogP) is 0.382. The van der Waals surface area contributed by atoms with Crippen LogP contribution in [0.1, 0.15) is 26.0 Å². The molecule has 0 saturated carbocycles. The topological polar surface area (TPSA) is 69.5 Å². The maximum Gasteiger partial charge on any atom is 0.341 e. The van der Waals surface area contributed by atoms with Crippen molar-refractivity contribution in [2.24, 2.45) is 7.05 Å². The van der Waals surface area contributed by atoms with Gasteiger partial charge in [0.15, 0.2) is 5.60 Å². The second-order valence-corrected chi connectivity index (χ2v) is 4.08. The zero-order valence-corrected chi connectivity index (χ0v) is 9.85. The van der Waals surface area contributed by atoms with Crippen molar-refractivity contribution in [3.8, 4) is 0 Å². The molecule has 6 nitrogen and oxygen atoms in total. The molecule has 1 fully saturated rings. The Morgan fingerprint density at radius 1 is 1.69 bits per heavy atom. The van der Waals surface area contributed by atoms with Crippen LogP contribution < -0.4 is 0 Å². The van der Waals surface area contributed by atoms with Crippen molar-refractivity contribution in [1.29, 1.82) is 0 Å². The van der Waals surface area contributed by atoms with E-state index in [4.69, 9.17) is 9.47 Å². The number of hydrogen-bond donors (Lipinski definition) is 0. The van der Waals surface area contributed by atoms with Crippen LogP contribution in [0.3, 0.4) is 0 Å². The molecule has 6 heteroatoms. The smallest absolute Gasteiger partial charge is 0.341 e. The maximum atomic E-state index is 11.7. The Hall–Kier alpha value is -1.43. The summed E-state index contributed by atoms with van der Waals surface area (Å²) in [5.74, 6) is -0.358. The monoisotopic (exact) mass is 225 g/mol. The number of aromatic nitrogens is 3. The molecule has 0 radical (unpaired) electrons. The van der Waals surface area contributed by atoms with Gasteiger partial charge in [0.2, 0.25) is 5.60 Å². The number of ether oxygens (including phenoxy) is 2. The molecule has 1 saturated heterocycles. The van der Waals surface area contributed by atoms with E-state index in [1.54, 1.807) is 17.9 Å². The highest BCUT2D eigenvalue weighted by Gasteiger charge is 2.74. The van der Waals surface area contributed by atoms with E-state index in [9.17, 15) is 4.79 Å². The summed E-state index contributed by atoms with van der Waals surface area (Å²) in [6.07, 6.45) is 2.30. The van der Waals surface area contributed by atoms with Gasteiger partial charge in [0.25, 0.3) is 0 Å². The highest BCUT2D eigenvalue weighted by Crippen LogP contribution is 2.57. The van der Waals surface area contributed by atoms with Crippen LogP contribution in [0, 0.1) is 0 Å². The van der Waals surface area contributed by atoms with Gasteiger partial charge in [-0.2, -0.15) is 0 Å². The van der Waals surface area contributed by atoms with Crippen LogP contribution in [0.5, 0.6) is 0 Å². The minimum Gasteiger partial charge on any atom is -0.467 e. The molecule has 0 aliphatic carbocycles. The molecule has 0 amide bonds. The van der Waals surface area contributed by atoms with E-state index in [1.807, 2.05) is 13.8 Å². The van der Waals surface area contributed by atoms with Gasteiger partial charge in [-0.05, 0) is 13.3 Å². The third-order valence-electron chi connectivity index (χ3n) is 3.21. The Morgan fingerprint density at radius 3 is 2.81 bits per heavy atom. The van der Waals surface area contributed by atoms with Crippen LogP contribution in [-0.2, 0) is 26.9 Å². The summed E-state index contributed by atoms with van der Waals surface area (Å²) in [6.45, 7) is 3.72. The molecule has 0 aromatic carbocycles. The van der Waals surface area contributed by atoms with Crippen molar-refractivity contribution in [2.75, 3.05) is 7.11 Å². The second kappa shape index (κ2) is 3.28. The van der Waals surface area contributed by atoms with Gasteiger partial charge in [-0.15, -0.1) is 5.10 Å². The standard InChI is InChI=1S/C10H15N3O3/c1-5-10(8(14)15-4)9(2,16-10)7-6-13(3)12-11-7/h6H,5H2,1-4H3. The van der Waals surface area contributed by atoms with Gasteiger partial charge in [-0.3, -0.25) is 4.68 Å². The number of hydrogen-bond acceptors (Lipinski definition) is 5. The van der Waals surface area contributed by atoms with E-state index >= 15 is 0 Å². The molecule has 88 valence electrons. The summed E-state index contributed by atoms with van der Waals surface area (Å²) in [5, 5.41) is 7.83. The number of carbonyl (C=O) groups is 1. The van der Waals surface area contributed by atoms with Crippen LogP contribution in [0.15, 0.2) is 6.20 Å². The molecule has 1 aliphatic rings. The molecule has 0 bridgehead atoms. The summed E-state index contributed by atoms with van der Waals surface area (Å²) < 4.78 is 12.0. The zero-order valence-electron chi connectivity index (χ0n) is 9.85. The van der Waals surface area contributed by atoms with Crippen LogP contribution >= 0.6 is 0 Å². The molecule has 2 rings (SSSR count). The molecule has 1 aromatic rings. The SMILES string of the molecule is CCC1(C(=O)OC)OC1(C)c1cn(C)nn1. The first-order chi connectivity index (χ1) is 7.50. The van der Waals surface area contributed by atoms with Gasteiger partial charge < -0.3 is 9.47 Å². The predicted molar refractivity (Wildman–Crippen MR) is 54.5 cm³/mol. The molecule has 0 spiro atoms. The van der Waals surface area contributed by atoms with Gasteiger partial charge in [0, 0.05) is 7.05 Å². The fourth-order valence-electron chi connectivity index (χ4n) is 2.10. The van der Waals surface area contributed by atoms with E-state index in [-0.39, 0.29) is 5.97 Å². The molecule has 2 unspecified atom stereocenters. The highest BCUT2D eigenvalue weighted by molar-refractivity contribution is 5.84. The first-order valence-electron chi connectivity index (χ1n) is 5.15. The van der Waals surface area contributed by atoms with Crippen molar-refractivity contribution in [2.45, 2.75) is 31.5 Å². The fourth-order valence-corrected chi connectivity index (χ4v) is 2.10. The van der Waals surface area contributed by atoms with Crippen LogP contribution in [0.25, 0.3) is 0 Å². The average Bonchev–Trinajstić information content (AvgIpc) is 2.66. The largest absolute Gasteiger partial charge is 0.467 e. The lowest BCUT2D eigenvalue weighted by atomic mass is 9.89. The first-order valence-corrected chi connectivity index (χ1v) is 5.15. The normalized spacial score (nSPS) is 32.5. The molecule has 2 atom stereocenters. The van der Waals surface area contributed by atoms with E-state index in [1.165, 1.54) is 7.11 Å².